The van der Waals surface area contributed by atoms with Crippen molar-refractivity contribution in [1.82, 2.24) is 9.55 Å². The van der Waals surface area contributed by atoms with Crippen molar-refractivity contribution in [1.29, 1.82) is 0 Å². The van der Waals surface area contributed by atoms with Crippen molar-refractivity contribution in [3.05, 3.63) is 84.7 Å². The Morgan fingerprint density at radius 3 is 2.58 bits per heavy atom. The molecule has 1 aromatic heterocycles. The number of imidazole rings is 1. The molecular formula is C27H27N3O3. The van der Waals surface area contributed by atoms with Gasteiger partial charge in [0.15, 0.2) is 0 Å². The molecule has 0 saturated carbocycles. The molecule has 0 aliphatic carbocycles. The van der Waals surface area contributed by atoms with Gasteiger partial charge >= 0.3 is 0 Å². The van der Waals surface area contributed by atoms with Crippen LogP contribution >= 0.6 is 0 Å². The lowest BCUT2D eigenvalue weighted by molar-refractivity contribution is -0.117. The quantitative estimate of drug-likeness (QED) is 0.360. The molecule has 6 heteroatoms. The summed E-state index contributed by atoms with van der Waals surface area (Å²) in [6.07, 6.45) is 1.28. The van der Waals surface area contributed by atoms with Crippen LogP contribution in [0.5, 0.6) is 11.5 Å². The van der Waals surface area contributed by atoms with E-state index in [2.05, 4.69) is 10.6 Å². The number of hydrogen-bond acceptors (Lipinski definition) is 4. The predicted molar refractivity (Wildman–Crippen MR) is 129 cm³/mol. The van der Waals surface area contributed by atoms with Crippen LogP contribution < -0.4 is 14.4 Å². The fourth-order valence-corrected chi connectivity index (χ4v) is 4.54. The maximum Gasteiger partial charge on any atom is 0.227 e. The molecule has 1 saturated heterocycles. The maximum absolute atomic E-state index is 13.0. The first kappa shape index (κ1) is 21.1. The van der Waals surface area contributed by atoms with Crippen LogP contribution in [-0.2, 0) is 11.3 Å². The number of ether oxygens (including phenoxy) is 2. The number of methoxy groups -OCH3 is 1. The standard InChI is InChI=1S/C27H27N3O3/c1-32-25-15-8-7-14-24(25)30-19-20(18-26(30)31)27-28-22-12-5-6-13-23(22)29(27)16-9-17-33-21-10-3-2-4-11-21/h2-8,10-15,20H,9,16-19H2,1H3. The summed E-state index contributed by atoms with van der Waals surface area (Å²) in [6, 6.07) is 25.7. The van der Waals surface area contributed by atoms with Gasteiger partial charge in [-0.15, -0.1) is 0 Å². The zero-order valence-corrected chi connectivity index (χ0v) is 18.7. The fraction of sp³-hybridized carbons (Fsp3) is 0.259. The summed E-state index contributed by atoms with van der Waals surface area (Å²) in [7, 11) is 1.63. The Hall–Kier alpha value is -3.80. The van der Waals surface area contributed by atoms with Crippen LogP contribution in [0.4, 0.5) is 5.69 Å². The number of anilines is 1. The van der Waals surface area contributed by atoms with Crippen LogP contribution in [0.2, 0.25) is 0 Å². The highest BCUT2D eigenvalue weighted by atomic mass is 16.5. The zero-order valence-electron chi connectivity index (χ0n) is 18.7. The molecular weight excluding hydrogens is 414 g/mol. The minimum Gasteiger partial charge on any atom is -0.495 e. The lowest BCUT2D eigenvalue weighted by Gasteiger charge is -2.19. The van der Waals surface area contributed by atoms with Crippen molar-refractivity contribution in [2.75, 3.05) is 25.2 Å². The molecule has 33 heavy (non-hydrogen) atoms. The molecule has 0 spiro atoms. The van der Waals surface area contributed by atoms with E-state index >= 15 is 0 Å². The summed E-state index contributed by atoms with van der Waals surface area (Å²) in [5.41, 5.74) is 2.86. The second-order valence-electron chi connectivity index (χ2n) is 8.20. The van der Waals surface area contributed by atoms with Gasteiger partial charge in [0.25, 0.3) is 0 Å². The Balaban J connectivity index is 1.37. The molecule has 4 aromatic rings. The lowest BCUT2D eigenvalue weighted by Crippen LogP contribution is -2.25. The van der Waals surface area contributed by atoms with E-state index in [-0.39, 0.29) is 11.8 Å². The van der Waals surface area contributed by atoms with Crippen molar-refractivity contribution >= 4 is 22.6 Å². The monoisotopic (exact) mass is 441 g/mol. The van der Waals surface area contributed by atoms with E-state index in [0.29, 0.717) is 25.3 Å². The molecule has 1 unspecified atom stereocenters. The van der Waals surface area contributed by atoms with Crippen molar-refractivity contribution in [2.45, 2.75) is 25.3 Å². The second-order valence-corrected chi connectivity index (χ2v) is 8.20. The number of rotatable bonds is 8. The Kier molecular flexibility index (Phi) is 5.98. The Morgan fingerprint density at radius 1 is 0.970 bits per heavy atom. The van der Waals surface area contributed by atoms with Crippen molar-refractivity contribution in [3.63, 3.8) is 0 Å². The maximum atomic E-state index is 13.0. The van der Waals surface area contributed by atoms with Gasteiger partial charge in [-0.2, -0.15) is 0 Å². The second kappa shape index (κ2) is 9.36. The number of carbonyl (C=O) groups is 1. The highest BCUT2D eigenvalue weighted by Gasteiger charge is 2.35. The molecule has 6 nitrogen and oxygen atoms in total. The zero-order chi connectivity index (χ0) is 22.6. The first-order valence-corrected chi connectivity index (χ1v) is 11.3. The minimum absolute atomic E-state index is 0.0184. The van der Waals surface area contributed by atoms with Gasteiger partial charge in [-0.25, -0.2) is 4.98 Å². The lowest BCUT2D eigenvalue weighted by atomic mass is 10.1. The van der Waals surface area contributed by atoms with Crippen LogP contribution in [-0.4, -0.2) is 35.7 Å². The van der Waals surface area contributed by atoms with E-state index in [1.54, 1.807) is 7.11 Å². The van der Waals surface area contributed by atoms with Crippen LogP contribution in [0.15, 0.2) is 78.9 Å². The third-order valence-electron chi connectivity index (χ3n) is 6.09. The van der Waals surface area contributed by atoms with E-state index in [1.807, 2.05) is 77.7 Å². The SMILES string of the molecule is COc1ccccc1N1CC(c2nc3ccccc3n2CCCOc2ccccc2)CC1=O. The summed E-state index contributed by atoms with van der Waals surface area (Å²) < 4.78 is 13.6. The first-order valence-electron chi connectivity index (χ1n) is 11.3. The van der Waals surface area contributed by atoms with Gasteiger partial charge in [0.2, 0.25) is 5.91 Å². The summed E-state index contributed by atoms with van der Waals surface area (Å²) in [5, 5.41) is 0. The molecule has 5 rings (SSSR count). The van der Waals surface area contributed by atoms with Crippen LogP contribution in [0.25, 0.3) is 11.0 Å². The van der Waals surface area contributed by atoms with Crippen LogP contribution in [0, 0.1) is 0 Å². The Labute approximate surface area is 193 Å². The molecule has 1 aliphatic heterocycles. The van der Waals surface area contributed by atoms with Gasteiger partial charge in [-0.3, -0.25) is 4.79 Å². The van der Waals surface area contributed by atoms with Gasteiger partial charge in [-0.1, -0.05) is 42.5 Å². The summed E-state index contributed by atoms with van der Waals surface area (Å²) >= 11 is 0. The third kappa shape index (κ3) is 4.29. The van der Waals surface area contributed by atoms with E-state index < -0.39 is 0 Å². The number of fused-ring (bicyclic) bond motifs is 1. The van der Waals surface area contributed by atoms with Gasteiger partial charge in [0, 0.05) is 25.4 Å². The van der Waals surface area contributed by atoms with Crippen LogP contribution in [0.1, 0.15) is 24.6 Å². The average molecular weight is 442 g/mol. The molecule has 0 N–H and O–H groups in total. The molecule has 1 amide bonds. The number of hydrogen-bond donors (Lipinski definition) is 0. The number of aryl methyl sites for hydroxylation is 1. The van der Waals surface area contributed by atoms with E-state index in [4.69, 9.17) is 14.5 Å². The molecule has 2 heterocycles. The third-order valence-corrected chi connectivity index (χ3v) is 6.09. The van der Waals surface area contributed by atoms with Crippen molar-refractivity contribution < 1.29 is 14.3 Å². The van der Waals surface area contributed by atoms with Crippen molar-refractivity contribution in [3.8, 4) is 11.5 Å². The number of nitrogens with zero attached hydrogens (tertiary/aromatic N) is 3. The molecule has 168 valence electrons. The predicted octanol–water partition coefficient (Wildman–Crippen LogP) is 5.03. The largest absolute Gasteiger partial charge is 0.495 e. The number of aromatic nitrogens is 2. The number of benzene rings is 3. The van der Waals surface area contributed by atoms with Gasteiger partial charge in [-0.05, 0) is 42.8 Å². The highest BCUT2D eigenvalue weighted by Crippen LogP contribution is 2.37. The number of para-hydroxylation sites is 5. The molecule has 1 aliphatic rings. The summed E-state index contributed by atoms with van der Waals surface area (Å²) in [6.45, 7) is 1.98. The molecule has 3 aromatic carbocycles. The molecule has 1 atom stereocenters. The molecule has 0 bridgehead atoms. The highest BCUT2D eigenvalue weighted by molar-refractivity contribution is 5.97. The van der Waals surface area contributed by atoms with E-state index in [1.165, 1.54) is 0 Å². The smallest absolute Gasteiger partial charge is 0.227 e. The molecule has 1 fully saturated rings. The molecule has 0 radical (unpaired) electrons. The van der Waals surface area contributed by atoms with E-state index in [0.717, 1.165) is 41.3 Å². The van der Waals surface area contributed by atoms with Crippen LogP contribution in [0.3, 0.4) is 0 Å². The minimum atomic E-state index is 0.0184. The average Bonchev–Trinajstić information content (AvgIpc) is 3.43. The van der Waals surface area contributed by atoms with Gasteiger partial charge in [0.1, 0.15) is 17.3 Å². The topological polar surface area (TPSA) is 56.6 Å². The van der Waals surface area contributed by atoms with Crippen molar-refractivity contribution in [2.24, 2.45) is 0 Å². The summed E-state index contributed by atoms with van der Waals surface area (Å²) in [5.74, 6) is 2.65. The number of amides is 1. The fourth-order valence-electron chi connectivity index (χ4n) is 4.54. The van der Waals surface area contributed by atoms with E-state index in [9.17, 15) is 4.79 Å². The number of carbonyl (C=O) groups excluding carboxylic acids is 1. The van der Waals surface area contributed by atoms with Gasteiger partial charge < -0.3 is 18.9 Å². The van der Waals surface area contributed by atoms with Gasteiger partial charge in [0.05, 0.1) is 30.4 Å². The summed E-state index contributed by atoms with van der Waals surface area (Å²) in [4.78, 5) is 19.8. The Bertz CT molecular complexity index is 1250. The first-order chi connectivity index (χ1) is 16.2. The normalized spacial score (nSPS) is 15.8. The Morgan fingerprint density at radius 2 is 1.73 bits per heavy atom.